The molecule has 0 saturated carbocycles. The average molecular weight is 281 g/mol. The highest BCUT2D eigenvalue weighted by Gasteiger charge is 2.25. The summed E-state index contributed by atoms with van der Waals surface area (Å²) in [5, 5.41) is 3.27. The van der Waals surface area contributed by atoms with Gasteiger partial charge in [0.2, 0.25) is 0 Å². The van der Waals surface area contributed by atoms with E-state index in [4.69, 9.17) is 13.9 Å². The normalized spacial score (nSPS) is 26.9. The quantitative estimate of drug-likeness (QED) is 0.870. The molecule has 0 bridgehead atoms. The van der Waals surface area contributed by atoms with E-state index >= 15 is 0 Å². The van der Waals surface area contributed by atoms with Crippen LogP contribution in [0.1, 0.15) is 50.7 Å². The van der Waals surface area contributed by atoms with Crippen LogP contribution in [0.5, 0.6) is 0 Å². The van der Waals surface area contributed by atoms with Crippen molar-refractivity contribution in [1.82, 2.24) is 5.32 Å². The van der Waals surface area contributed by atoms with Crippen LogP contribution in [0.3, 0.4) is 0 Å². The molecule has 4 nitrogen and oxygen atoms in total. The van der Waals surface area contributed by atoms with Crippen LogP contribution in [-0.4, -0.2) is 24.9 Å². The second kappa shape index (κ2) is 7.25. The van der Waals surface area contributed by atoms with E-state index in [-0.39, 0.29) is 0 Å². The van der Waals surface area contributed by atoms with Crippen LogP contribution in [-0.2, 0) is 22.6 Å². The number of aryl methyl sites for hydroxylation is 1. The highest BCUT2D eigenvalue weighted by molar-refractivity contribution is 5.20. The summed E-state index contributed by atoms with van der Waals surface area (Å²) < 4.78 is 17.5. The van der Waals surface area contributed by atoms with Crippen LogP contribution in [0.4, 0.5) is 0 Å². The fourth-order valence-electron chi connectivity index (χ4n) is 2.75. The molecule has 0 amide bonds. The minimum absolute atomic E-state index is 0.290. The molecule has 0 aromatic carbocycles. The maximum Gasteiger partial charge on any atom is 0.118 e. The molecule has 1 aromatic rings. The molecule has 1 aliphatic heterocycles. The van der Waals surface area contributed by atoms with Crippen molar-refractivity contribution < 1.29 is 13.9 Å². The van der Waals surface area contributed by atoms with Crippen molar-refractivity contribution in [2.75, 3.05) is 6.54 Å². The van der Waals surface area contributed by atoms with E-state index in [0.29, 0.717) is 24.9 Å². The van der Waals surface area contributed by atoms with Crippen molar-refractivity contribution in [3.63, 3.8) is 0 Å². The summed E-state index contributed by atoms with van der Waals surface area (Å²) >= 11 is 0. The Morgan fingerprint density at radius 1 is 1.30 bits per heavy atom. The lowest BCUT2D eigenvalue weighted by molar-refractivity contribution is -0.106. The third-order valence-corrected chi connectivity index (χ3v) is 3.75. The molecular formula is C16H27NO3. The summed E-state index contributed by atoms with van der Waals surface area (Å²) in [4.78, 5) is 0. The summed E-state index contributed by atoms with van der Waals surface area (Å²) in [5.74, 6) is 1.95. The first-order valence-electron chi connectivity index (χ1n) is 7.64. The molecule has 1 N–H and O–H groups in total. The van der Waals surface area contributed by atoms with Gasteiger partial charge in [-0.3, -0.25) is 0 Å². The predicted molar refractivity (Wildman–Crippen MR) is 78.6 cm³/mol. The average Bonchev–Trinajstić information content (AvgIpc) is 2.73. The first-order chi connectivity index (χ1) is 9.58. The maximum absolute atomic E-state index is 6.05. The van der Waals surface area contributed by atoms with Gasteiger partial charge < -0.3 is 19.2 Å². The van der Waals surface area contributed by atoms with Crippen molar-refractivity contribution in [3.8, 4) is 0 Å². The molecule has 0 aliphatic carbocycles. The van der Waals surface area contributed by atoms with E-state index in [1.165, 1.54) is 0 Å². The summed E-state index contributed by atoms with van der Waals surface area (Å²) in [7, 11) is 0. The predicted octanol–water partition coefficient (Wildman–Crippen LogP) is 3.17. The van der Waals surface area contributed by atoms with E-state index in [2.05, 4.69) is 32.2 Å². The van der Waals surface area contributed by atoms with Crippen molar-refractivity contribution in [3.05, 3.63) is 23.2 Å². The zero-order chi connectivity index (χ0) is 14.5. The first kappa shape index (κ1) is 15.5. The third kappa shape index (κ3) is 4.33. The number of ether oxygens (including phenoxy) is 2. The monoisotopic (exact) mass is 281 g/mol. The zero-order valence-corrected chi connectivity index (χ0v) is 13.1. The van der Waals surface area contributed by atoms with Crippen LogP contribution < -0.4 is 5.32 Å². The molecule has 4 heteroatoms. The number of nitrogens with one attached hydrogen (secondary N) is 1. The van der Waals surface area contributed by atoms with Gasteiger partial charge in [-0.05, 0) is 46.2 Å². The fraction of sp³-hybridized carbons (Fsp3) is 0.750. The van der Waals surface area contributed by atoms with Crippen LogP contribution >= 0.6 is 0 Å². The van der Waals surface area contributed by atoms with Crippen molar-refractivity contribution in [2.24, 2.45) is 0 Å². The summed E-state index contributed by atoms with van der Waals surface area (Å²) in [6, 6.07) is 2.10. The Hall–Kier alpha value is -0.840. The molecule has 0 spiro atoms. The van der Waals surface area contributed by atoms with Crippen molar-refractivity contribution in [1.29, 1.82) is 0 Å². The van der Waals surface area contributed by atoms with Gasteiger partial charge in [0.05, 0.1) is 31.5 Å². The van der Waals surface area contributed by atoms with E-state index in [1.807, 2.05) is 6.92 Å². The summed E-state index contributed by atoms with van der Waals surface area (Å²) in [5.41, 5.74) is 1.16. The smallest absolute Gasteiger partial charge is 0.118 e. The highest BCUT2D eigenvalue weighted by Crippen LogP contribution is 2.24. The van der Waals surface area contributed by atoms with Gasteiger partial charge in [0.15, 0.2) is 0 Å². The van der Waals surface area contributed by atoms with Crippen LogP contribution in [0.25, 0.3) is 0 Å². The van der Waals surface area contributed by atoms with Gasteiger partial charge in [0, 0.05) is 5.56 Å². The van der Waals surface area contributed by atoms with E-state index < -0.39 is 0 Å². The topological polar surface area (TPSA) is 43.6 Å². The first-order valence-corrected chi connectivity index (χ1v) is 7.64. The zero-order valence-electron chi connectivity index (χ0n) is 13.1. The molecule has 2 atom stereocenters. The third-order valence-electron chi connectivity index (χ3n) is 3.75. The summed E-state index contributed by atoms with van der Waals surface area (Å²) in [6.45, 7) is 10.7. The Morgan fingerprint density at radius 3 is 2.65 bits per heavy atom. The molecule has 2 rings (SSSR count). The Labute approximate surface area is 121 Å². The van der Waals surface area contributed by atoms with Gasteiger partial charge in [-0.2, -0.15) is 0 Å². The number of hydrogen-bond acceptors (Lipinski definition) is 4. The molecule has 1 aliphatic rings. The lowest BCUT2D eigenvalue weighted by Gasteiger charge is -2.31. The molecule has 1 saturated heterocycles. The molecule has 2 unspecified atom stereocenters. The van der Waals surface area contributed by atoms with Gasteiger partial charge >= 0.3 is 0 Å². The second-order valence-electron chi connectivity index (χ2n) is 5.74. The van der Waals surface area contributed by atoms with Crippen LogP contribution in [0, 0.1) is 6.92 Å². The largest absolute Gasteiger partial charge is 0.465 e. The number of rotatable bonds is 6. The maximum atomic E-state index is 6.05. The Balaban J connectivity index is 1.85. The van der Waals surface area contributed by atoms with Gasteiger partial charge in [-0.1, -0.05) is 6.92 Å². The molecule has 1 aromatic heterocycles. The number of furan rings is 1. The molecule has 0 radical (unpaired) electrons. The second-order valence-corrected chi connectivity index (χ2v) is 5.74. The van der Waals surface area contributed by atoms with Crippen molar-refractivity contribution >= 4 is 0 Å². The molecule has 20 heavy (non-hydrogen) atoms. The molecule has 114 valence electrons. The minimum Gasteiger partial charge on any atom is -0.465 e. The SMILES string of the molecule is CCNCc1cc(COC2CC(C)OC(C)C2)c(C)o1. The lowest BCUT2D eigenvalue weighted by Crippen LogP contribution is -2.34. The Morgan fingerprint density at radius 2 is 2.00 bits per heavy atom. The van der Waals surface area contributed by atoms with Gasteiger partial charge in [0.1, 0.15) is 11.5 Å². The van der Waals surface area contributed by atoms with Gasteiger partial charge in [-0.15, -0.1) is 0 Å². The molecule has 2 heterocycles. The van der Waals surface area contributed by atoms with Crippen molar-refractivity contribution in [2.45, 2.75) is 72.0 Å². The van der Waals surface area contributed by atoms with E-state index in [9.17, 15) is 0 Å². The Bertz CT molecular complexity index is 406. The standard InChI is InChI=1S/C16H27NO3/c1-5-17-9-16-8-14(13(4)20-16)10-18-15-6-11(2)19-12(3)7-15/h8,11-12,15,17H,5-7,9-10H2,1-4H3. The highest BCUT2D eigenvalue weighted by atomic mass is 16.5. The fourth-order valence-corrected chi connectivity index (χ4v) is 2.75. The van der Waals surface area contributed by atoms with E-state index in [1.54, 1.807) is 0 Å². The minimum atomic E-state index is 0.290. The van der Waals surface area contributed by atoms with Crippen LogP contribution in [0.2, 0.25) is 0 Å². The van der Waals surface area contributed by atoms with Gasteiger partial charge in [0.25, 0.3) is 0 Å². The van der Waals surface area contributed by atoms with Gasteiger partial charge in [-0.25, -0.2) is 0 Å². The summed E-state index contributed by atoms with van der Waals surface area (Å²) in [6.07, 6.45) is 2.83. The molecule has 1 fully saturated rings. The molecular weight excluding hydrogens is 254 g/mol. The number of hydrogen-bond donors (Lipinski definition) is 1. The Kier molecular flexibility index (Phi) is 5.64. The lowest BCUT2D eigenvalue weighted by atomic mass is 10.0. The van der Waals surface area contributed by atoms with E-state index in [0.717, 1.165) is 43.0 Å². The van der Waals surface area contributed by atoms with Crippen LogP contribution in [0.15, 0.2) is 10.5 Å².